The molecule has 68 valence electrons. The number of nitrogens with zero attached hydrogens (tertiary/aromatic N) is 1. The zero-order valence-electron chi connectivity index (χ0n) is 6.86. The van der Waals surface area contributed by atoms with E-state index in [1.807, 2.05) is 0 Å². The van der Waals surface area contributed by atoms with Crippen LogP contribution in [-0.4, -0.2) is 39.9 Å². The molecule has 0 spiro atoms. The van der Waals surface area contributed by atoms with E-state index in [1.54, 1.807) is 0 Å². The van der Waals surface area contributed by atoms with E-state index < -0.39 is 5.72 Å². The van der Waals surface area contributed by atoms with E-state index in [-0.39, 0.29) is 19.1 Å². The number of hydrogen-bond acceptors (Lipinski definition) is 3. The van der Waals surface area contributed by atoms with Crippen LogP contribution in [0.3, 0.4) is 0 Å². The molecule has 1 amide bonds. The molecule has 1 heterocycles. The van der Waals surface area contributed by atoms with Crippen molar-refractivity contribution in [2.75, 3.05) is 13.2 Å². The van der Waals surface area contributed by atoms with Crippen molar-refractivity contribution >= 4 is 5.91 Å². The first-order valence-corrected chi connectivity index (χ1v) is 3.91. The Morgan fingerprint density at radius 2 is 2.42 bits per heavy atom. The third-order valence-electron chi connectivity index (χ3n) is 2.13. The van der Waals surface area contributed by atoms with Crippen LogP contribution in [0.4, 0.5) is 0 Å². The molecule has 1 atom stereocenters. The van der Waals surface area contributed by atoms with Crippen molar-refractivity contribution < 1.29 is 15.0 Å². The monoisotopic (exact) mass is 171 g/mol. The summed E-state index contributed by atoms with van der Waals surface area (Å²) in [5.74, 6) is -0.133. The standard InChI is InChI=1S/C8H13NO3/c1-2-8(12)4-3-7(11)9(8)5-6-10/h2,10,12H,1,3-6H2. The van der Waals surface area contributed by atoms with Gasteiger partial charge >= 0.3 is 0 Å². The summed E-state index contributed by atoms with van der Waals surface area (Å²) < 4.78 is 0. The van der Waals surface area contributed by atoms with E-state index in [9.17, 15) is 9.90 Å². The van der Waals surface area contributed by atoms with E-state index >= 15 is 0 Å². The predicted octanol–water partition coefficient (Wildman–Crippen LogP) is -0.524. The Morgan fingerprint density at radius 3 is 2.92 bits per heavy atom. The molecule has 2 N–H and O–H groups in total. The number of β-amino-alcohol motifs (C(OH)–C–C–N with tert-alkyl or cyclic N) is 1. The molecule has 0 bridgehead atoms. The average Bonchev–Trinajstić information content (AvgIpc) is 2.34. The number of likely N-dealkylation sites (tertiary alicyclic amines) is 1. The van der Waals surface area contributed by atoms with Crippen LogP contribution in [-0.2, 0) is 4.79 Å². The van der Waals surface area contributed by atoms with Crippen LogP contribution in [0.1, 0.15) is 12.8 Å². The third kappa shape index (κ3) is 1.35. The van der Waals surface area contributed by atoms with Gasteiger partial charge in [-0.25, -0.2) is 0 Å². The van der Waals surface area contributed by atoms with Gasteiger partial charge in [0.2, 0.25) is 5.91 Å². The Hall–Kier alpha value is -0.870. The fourth-order valence-electron chi connectivity index (χ4n) is 1.41. The molecule has 4 heteroatoms. The molecule has 1 saturated heterocycles. The van der Waals surface area contributed by atoms with Crippen LogP contribution < -0.4 is 0 Å². The normalized spacial score (nSPS) is 29.5. The summed E-state index contributed by atoms with van der Waals surface area (Å²) in [5, 5.41) is 18.4. The van der Waals surface area contributed by atoms with Crippen molar-refractivity contribution in [3.63, 3.8) is 0 Å². The molecule has 4 nitrogen and oxygen atoms in total. The Kier molecular flexibility index (Phi) is 2.49. The number of amides is 1. The maximum absolute atomic E-state index is 11.1. The number of carbonyl (C=O) groups excluding carboxylic acids is 1. The summed E-state index contributed by atoms with van der Waals surface area (Å²) in [7, 11) is 0. The highest BCUT2D eigenvalue weighted by Gasteiger charge is 2.40. The molecule has 1 aliphatic rings. The molecule has 0 aromatic heterocycles. The lowest BCUT2D eigenvalue weighted by Gasteiger charge is -2.29. The largest absolute Gasteiger partial charge is 0.395 e. The van der Waals surface area contributed by atoms with Gasteiger partial charge in [-0.1, -0.05) is 6.58 Å². The van der Waals surface area contributed by atoms with E-state index in [0.717, 1.165) is 0 Å². The van der Waals surface area contributed by atoms with Crippen molar-refractivity contribution in [1.29, 1.82) is 0 Å². The lowest BCUT2D eigenvalue weighted by Crippen LogP contribution is -2.45. The minimum absolute atomic E-state index is 0.133. The summed E-state index contributed by atoms with van der Waals surface area (Å²) >= 11 is 0. The van der Waals surface area contributed by atoms with Crippen LogP contribution in [0.5, 0.6) is 0 Å². The fraction of sp³-hybridized carbons (Fsp3) is 0.625. The highest BCUT2D eigenvalue weighted by atomic mass is 16.3. The molecule has 1 rings (SSSR count). The minimum atomic E-state index is -1.24. The molecule has 0 saturated carbocycles. The smallest absolute Gasteiger partial charge is 0.225 e. The van der Waals surface area contributed by atoms with E-state index in [1.165, 1.54) is 11.0 Å². The SMILES string of the molecule is C=CC1(O)CCC(=O)N1CCO. The van der Waals surface area contributed by atoms with Gasteiger partial charge in [0.25, 0.3) is 0 Å². The van der Waals surface area contributed by atoms with Gasteiger partial charge in [-0.15, -0.1) is 0 Å². The van der Waals surface area contributed by atoms with Crippen molar-refractivity contribution in [2.45, 2.75) is 18.6 Å². The summed E-state index contributed by atoms with van der Waals surface area (Å²) in [6.07, 6.45) is 2.03. The Balaban J connectivity index is 2.76. The minimum Gasteiger partial charge on any atom is -0.395 e. The Bertz CT molecular complexity index is 204. The van der Waals surface area contributed by atoms with Crippen LogP contribution in [0, 0.1) is 0 Å². The number of aliphatic hydroxyl groups excluding tert-OH is 1. The van der Waals surface area contributed by atoms with Gasteiger partial charge in [0.1, 0.15) is 0 Å². The fourth-order valence-corrected chi connectivity index (χ4v) is 1.41. The quantitative estimate of drug-likeness (QED) is 0.561. The molecule has 0 aliphatic carbocycles. The van der Waals surface area contributed by atoms with Crippen molar-refractivity contribution in [1.82, 2.24) is 4.90 Å². The summed E-state index contributed by atoms with van der Waals surface area (Å²) in [5.41, 5.74) is -1.24. The predicted molar refractivity (Wildman–Crippen MR) is 43.2 cm³/mol. The Labute approximate surface area is 71.1 Å². The number of carbonyl (C=O) groups is 1. The van der Waals surface area contributed by atoms with E-state index in [4.69, 9.17) is 5.11 Å². The third-order valence-corrected chi connectivity index (χ3v) is 2.13. The number of hydrogen-bond donors (Lipinski definition) is 2. The molecular formula is C8H13NO3. The highest BCUT2D eigenvalue weighted by molar-refractivity contribution is 5.79. The van der Waals surface area contributed by atoms with Crippen molar-refractivity contribution in [3.05, 3.63) is 12.7 Å². The first-order valence-electron chi connectivity index (χ1n) is 3.91. The number of rotatable bonds is 3. The van der Waals surface area contributed by atoms with Crippen LogP contribution >= 0.6 is 0 Å². The molecular weight excluding hydrogens is 158 g/mol. The van der Waals surface area contributed by atoms with E-state index in [2.05, 4.69) is 6.58 Å². The molecule has 0 radical (unpaired) electrons. The topological polar surface area (TPSA) is 60.8 Å². The summed E-state index contributed by atoms with van der Waals surface area (Å²) in [6.45, 7) is 3.49. The first-order chi connectivity index (χ1) is 5.64. The second kappa shape index (κ2) is 3.25. The van der Waals surface area contributed by atoms with Gasteiger partial charge in [0.15, 0.2) is 5.72 Å². The lowest BCUT2D eigenvalue weighted by atomic mass is 10.1. The van der Waals surface area contributed by atoms with Crippen LogP contribution in [0.25, 0.3) is 0 Å². The van der Waals surface area contributed by atoms with Gasteiger partial charge in [-0.05, 0) is 6.08 Å². The molecule has 1 unspecified atom stereocenters. The second-order valence-corrected chi connectivity index (χ2v) is 2.85. The molecule has 12 heavy (non-hydrogen) atoms. The first kappa shape index (κ1) is 9.22. The van der Waals surface area contributed by atoms with Crippen molar-refractivity contribution in [2.24, 2.45) is 0 Å². The second-order valence-electron chi connectivity index (χ2n) is 2.85. The van der Waals surface area contributed by atoms with Gasteiger partial charge in [0.05, 0.1) is 6.61 Å². The van der Waals surface area contributed by atoms with Gasteiger partial charge < -0.3 is 15.1 Å². The van der Waals surface area contributed by atoms with Crippen LogP contribution in [0.15, 0.2) is 12.7 Å². The molecule has 0 aromatic carbocycles. The Morgan fingerprint density at radius 1 is 1.75 bits per heavy atom. The van der Waals surface area contributed by atoms with Gasteiger partial charge in [-0.2, -0.15) is 0 Å². The highest BCUT2D eigenvalue weighted by Crippen LogP contribution is 2.27. The maximum atomic E-state index is 11.1. The molecule has 1 aliphatic heterocycles. The van der Waals surface area contributed by atoms with E-state index in [0.29, 0.717) is 12.8 Å². The van der Waals surface area contributed by atoms with Gasteiger partial charge in [0, 0.05) is 19.4 Å². The van der Waals surface area contributed by atoms with Crippen molar-refractivity contribution in [3.8, 4) is 0 Å². The summed E-state index contributed by atoms with van der Waals surface area (Å²) in [4.78, 5) is 12.4. The zero-order chi connectivity index (χ0) is 9.19. The zero-order valence-corrected chi connectivity index (χ0v) is 6.86. The lowest BCUT2D eigenvalue weighted by molar-refractivity contribution is -0.139. The summed E-state index contributed by atoms with van der Waals surface area (Å²) in [6, 6.07) is 0. The maximum Gasteiger partial charge on any atom is 0.225 e. The number of aliphatic hydroxyl groups is 2. The van der Waals surface area contributed by atoms with Gasteiger partial charge in [-0.3, -0.25) is 4.79 Å². The molecule has 0 aromatic rings. The van der Waals surface area contributed by atoms with Crippen LogP contribution in [0.2, 0.25) is 0 Å². The molecule has 1 fully saturated rings. The average molecular weight is 171 g/mol.